The van der Waals surface area contributed by atoms with Crippen molar-refractivity contribution in [3.63, 3.8) is 0 Å². The van der Waals surface area contributed by atoms with E-state index in [0.717, 1.165) is 60.7 Å². The summed E-state index contributed by atoms with van der Waals surface area (Å²) in [6.07, 6.45) is 1.69. The molecular formula is C32H28FN5O. The van der Waals surface area contributed by atoms with Crippen molar-refractivity contribution in [1.82, 2.24) is 14.8 Å². The summed E-state index contributed by atoms with van der Waals surface area (Å²) >= 11 is 0. The Morgan fingerprint density at radius 1 is 0.949 bits per heavy atom. The summed E-state index contributed by atoms with van der Waals surface area (Å²) in [5.74, 6) is -0.508. The quantitative estimate of drug-likeness (QED) is 0.336. The molecular weight excluding hydrogens is 489 g/mol. The zero-order valence-electron chi connectivity index (χ0n) is 21.5. The first-order valence-electron chi connectivity index (χ1n) is 12.8. The fourth-order valence-electron chi connectivity index (χ4n) is 4.61. The lowest BCUT2D eigenvalue weighted by Crippen LogP contribution is -2.44. The maximum atomic E-state index is 13.2. The Morgan fingerprint density at radius 3 is 2.36 bits per heavy atom. The van der Waals surface area contributed by atoms with Crippen LogP contribution in [0, 0.1) is 17.1 Å². The molecule has 194 valence electrons. The molecule has 3 aromatic carbocycles. The molecule has 5 rings (SSSR count). The smallest absolute Gasteiger partial charge is 0.274 e. The van der Waals surface area contributed by atoms with Crippen LogP contribution in [0.3, 0.4) is 0 Å². The molecule has 1 aliphatic heterocycles. The molecule has 0 radical (unpaired) electrons. The summed E-state index contributed by atoms with van der Waals surface area (Å²) in [5, 5.41) is 12.0. The second-order valence-corrected chi connectivity index (χ2v) is 9.49. The second kappa shape index (κ2) is 11.7. The number of benzene rings is 3. The highest BCUT2D eigenvalue weighted by Crippen LogP contribution is 2.23. The topological polar surface area (TPSA) is 72.3 Å². The number of carbonyl (C=O) groups is 1. The van der Waals surface area contributed by atoms with Gasteiger partial charge < -0.3 is 10.2 Å². The van der Waals surface area contributed by atoms with E-state index >= 15 is 0 Å². The van der Waals surface area contributed by atoms with Crippen molar-refractivity contribution in [2.75, 3.05) is 31.5 Å². The molecule has 0 atom stereocenters. The number of aromatic nitrogens is 1. The summed E-state index contributed by atoms with van der Waals surface area (Å²) in [6.45, 7) is 8.48. The summed E-state index contributed by atoms with van der Waals surface area (Å²) in [7, 11) is 0. The minimum atomic E-state index is -0.291. The molecule has 39 heavy (non-hydrogen) atoms. The Morgan fingerprint density at radius 2 is 1.69 bits per heavy atom. The summed E-state index contributed by atoms with van der Waals surface area (Å²) in [5.41, 5.74) is 6.35. The number of amides is 1. The van der Waals surface area contributed by atoms with Crippen LogP contribution in [0.1, 0.15) is 27.2 Å². The van der Waals surface area contributed by atoms with E-state index in [1.165, 1.54) is 12.1 Å². The van der Waals surface area contributed by atoms with Crippen LogP contribution in [-0.4, -0.2) is 46.9 Å². The van der Waals surface area contributed by atoms with Gasteiger partial charge in [0, 0.05) is 55.9 Å². The lowest BCUT2D eigenvalue weighted by atomic mass is 10.0. The molecule has 2 heterocycles. The third kappa shape index (κ3) is 6.38. The summed E-state index contributed by atoms with van der Waals surface area (Å²) in [4.78, 5) is 21.7. The predicted molar refractivity (Wildman–Crippen MR) is 151 cm³/mol. The van der Waals surface area contributed by atoms with Crippen LogP contribution in [0.2, 0.25) is 0 Å². The first-order chi connectivity index (χ1) is 19.0. The normalized spacial score (nSPS) is 13.5. The molecule has 0 spiro atoms. The van der Waals surface area contributed by atoms with Gasteiger partial charge in [-0.25, -0.2) is 4.39 Å². The van der Waals surface area contributed by atoms with E-state index in [1.807, 2.05) is 60.7 Å². The average molecular weight is 518 g/mol. The fraction of sp³-hybridized carbons (Fsp3) is 0.156. The van der Waals surface area contributed by atoms with Crippen LogP contribution < -0.4 is 5.32 Å². The van der Waals surface area contributed by atoms with Crippen molar-refractivity contribution in [3.8, 4) is 17.2 Å². The number of carbonyl (C=O) groups excluding carboxylic acids is 1. The van der Waals surface area contributed by atoms with Gasteiger partial charge in [0.05, 0.1) is 11.6 Å². The molecule has 1 amide bonds. The van der Waals surface area contributed by atoms with Crippen LogP contribution in [-0.2, 0) is 6.54 Å². The van der Waals surface area contributed by atoms with Crippen molar-refractivity contribution in [3.05, 3.63) is 126 Å². The van der Waals surface area contributed by atoms with E-state index in [2.05, 4.69) is 32.7 Å². The molecule has 1 fully saturated rings. The Bertz CT molecular complexity index is 1500. The third-order valence-electron chi connectivity index (χ3n) is 6.87. The van der Waals surface area contributed by atoms with E-state index in [1.54, 1.807) is 18.3 Å². The number of nitrogens with zero attached hydrogens (tertiary/aromatic N) is 4. The van der Waals surface area contributed by atoms with E-state index in [0.29, 0.717) is 16.9 Å². The molecule has 1 aromatic heterocycles. The lowest BCUT2D eigenvalue weighted by molar-refractivity contribution is 0.102. The molecule has 1 N–H and O–H groups in total. The Kier molecular flexibility index (Phi) is 7.76. The van der Waals surface area contributed by atoms with Crippen molar-refractivity contribution in [2.24, 2.45) is 0 Å². The number of pyridine rings is 1. The van der Waals surface area contributed by atoms with Crippen molar-refractivity contribution >= 4 is 17.3 Å². The van der Waals surface area contributed by atoms with Gasteiger partial charge in [-0.05, 0) is 65.2 Å². The number of hydrogen-bond acceptors (Lipinski definition) is 5. The highest BCUT2D eigenvalue weighted by Gasteiger charge is 2.19. The molecule has 4 aromatic rings. The molecule has 6 nitrogen and oxygen atoms in total. The van der Waals surface area contributed by atoms with Gasteiger partial charge in [-0.3, -0.25) is 14.7 Å². The summed E-state index contributed by atoms with van der Waals surface area (Å²) in [6, 6.07) is 27.3. The number of nitriles is 1. The SMILES string of the molecule is C=C(c1ccc(C(=O)Nc2ccc(-c3cccc(C#N)c3)cc2)nc1)N1CCN(Cc2ccc(F)cc2)CC1. The molecule has 1 saturated heterocycles. The summed E-state index contributed by atoms with van der Waals surface area (Å²) < 4.78 is 13.2. The van der Waals surface area contributed by atoms with Gasteiger partial charge in [0.2, 0.25) is 0 Å². The van der Waals surface area contributed by atoms with Gasteiger partial charge in [-0.1, -0.05) is 43.0 Å². The second-order valence-electron chi connectivity index (χ2n) is 9.49. The van der Waals surface area contributed by atoms with Crippen LogP contribution >= 0.6 is 0 Å². The van der Waals surface area contributed by atoms with Gasteiger partial charge >= 0.3 is 0 Å². The van der Waals surface area contributed by atoms with Crippen molar-refractivity contribution < 1.29 is 9.18 Å². The molecule has 0 bridgehead atoms. The van der Waals surface area contributed by atoms with Gasteiger partial charge in [0.25, 0.3) is 5.91 Å². The molecule has 0 unspecified atom stereocenters. The van der Waals surface area contributed by atoms with E-state index in [4.69, 9.17) is 5.26 Å². The van der Waals surface area contributed by atoms with Gasteiger partial charge in [0.1, 0.15) is 11.5 Å². The van der Waals surface area contributed by atoms with Crippen molar-refractivity contribution in [2.45, 2.75) is 6.54 Å². The monoisotopic (exact) mass is 517 g/mol. The Hall–Kier alpha value is -4.80. The number of rotatable bonds is 7. The highest BCUT2D eigenvalue weighted by molar-refractivity contribution is 6.03. The van der Waals surface area contributed by atoms with Crippen LogP contribution in [0.5, 0.6) is 0 Å². The predicted octanol–water partition coefficient (Wildman–Crippen LogP) is 5.80. The standard InChI is InChI=1S/C32H28FN5O/c1-23(38-17-15-37(16-18-38)22-24-5-10-29(33)11-6-24)28-9-14-31(35-21-28)32(39)36-30-12-7-26(8-13-30)27-4-2-3-25(19-27)20-34/h2-14,19,21H,1,15-18,22H2,(H,36,39). The van der Waals surface area contributed by atoms with E-state index in [9.17, 15) is 9.18 Å². The van der Waals surface area contributed by atoms with E-state index in [-0.39, 0.29) is 11.7 Å². The van der Waals surface area contributed by atoms with Crippen molar-refractivity contribution in [1.29, 1.82) is 5.26 Å². The number of piperazine rings is 1. The molecule has 1 aliphatic rings. The van der Waals surface area contributed by atoms with Gasteiger partial charge in [0.15, 0.2) is 0 Å². The maximum Gasteiger partial charge on any atom is 0.274 e. The van der Waals surface area contributed by atoms with Crippen LogP contribution in [0.15, 0.2) is 97.7 Å². The fourth-order valence-corrected chi connectivity index (χ4v) is 4.61. The lowest BCUT2D eigenvalue weighted by Gasteiger charge is -2.37. The minimum absolute atomic E-state index is 0.217. The number of hydrogen-bond donors (Lipinski definition) is 1. The number of halogens is 1. The minimum Gasteiger partial charge on any atom is -0.369 e. The third-order valence-corrected chi connectivity index (χ3v) is 6.87. The van der Waals surface area contributed by atoms with E-state index < -0.39 is 0 Å². The van der Waals surface area contributed by atoms with Crippen LogP contribution in [0.25, 0.3) is 16.8 Å². The van der Waals surface area contributed by atoms with Gasteiger partial charge in [-0.2, -0.15) is 5.26 Å². The van der Waals surface area contributed by atoms with Gasteiger partial charge in [-0.15, -0.1) is 0 Å². The molecule has 0 saturated carbocycles. The maximum absolute atomic E-state index is 13.2. The first kappa shape index (κ1) is 25.8. The Labute approximate surface area is 227 Å². The zero-order valence-corrected chi connectivity index (χ0v) is 21.5. The Balaban J connectivity index is 1.14. The number of nitrogens with one attached hydrogen (secondary N) is 1. The molecule has 0 aliphatic carbocycles. The largest absolute Gasteiger partial charge is 0.369 e. The number of anilines is 1. The highest BCUT2D eigenvalue weighted by atomic mass is 19.1. The first-order valence-corrected chi connectivity index (χ1v) is 12.8. The zero-order chi connectivity index (χ0) is 27.2. The van der Waals surface area contributed by atoms with Crippen LogP contribution in [0.4, 0.5) is 10.1 Å². The molecule has 7 heteroatoms. The average Bonchev–Trinajstić information content (AvgIpc) is 2.99.